The standard InChI is InChI=1S/C17H22N4O2S/c1-3-20(4-2)17(23)13-6-5-9-21(11-13)16(22)12-7-8-15-14(10-12)18-19-24-15/h7-8,10,13H,3-6,9,11H2,1-2H3. The van der Waals surface area contributed by atoms with Crippen LogP contribution in [0.1, 0.15) is 37.0 Å². The fraction of sp³-hybridized carbons (Fsp3) is 0.529. The second-order valence-corrected chi connectivity index (χ2v) is 6.84. The Morgan fingerprint density at radius 1 is 1.33 bits per heavy atom. The molecule has 0 radical (unpaired) electrons. The van der Waals surface area contributed by atoms with Gasteiger partial charge < -0.3 is 9.80 Å². The molecule has 2 heterocycles. The molecule has 6 nitrogen and oxygen atoms in total. The molecule has 0 aliphatic carbocycles. The van der Waals surface area contributed by atoms with Gasteiger partial charge in [0.15, 0.2) is 0 Å². The van der Waals surface area contributed by atoms with Crippen molar-refractivity contribution in [1.29, 1.82) is 0 Å². The zero-order valence-corrected chi connectivity index (χ0v) is 14.9. The number of hydrogen-bond acceptors (Lipinski definition) is 5. The third-order valence-corrected chi connectivity index (χ3v) is 5.33. The highest BCUT2D eigenvalue weighted by Crippen LogP contribution is 2.23. The average molecular weight is 346 g/mol. The minimum Gasteiger partial charge on any atom is -0.343 e. The van der Waals surface area contributed by atoms with Crippen LogP contribution in [0.2, 0.25) is 0 Å². The van der Waals surface area contributed by atoms with Gasteiger partial charge in [0.25, 0.3) is 5.91 Å². The Hall–Kier alpha value is -2.02. The minimum absolute atomic E-state index is 0.0260. The number of carbonyl (C=O) groups excluding carboxylic acids is 2. The quantitative estimate of drug-likeness (QED) is 0.853. The Morgan fingerprint density at radius 3 is 2.88 bits per heavy atom. The number of rotatable bonds is 4. The highest BCUT2D eigenvalue weighted by molar-refractivity contribution is 7.12. The number of benzene rings is 1. The van der Waals surface area contributed by atoms with E-state index in [1.165, 1.54) is 11.5 Å². The fourth-order valence-corrected chi connectivity index (χ4v) is 3.79. The van der Waals surface area contributed by atoms with Gasteiger partial charge in [0.1, 0.15) is 5.52 Å². The molecule has 1 aromatic carbocycles. The van der Waals surface area contributed by atoms with E-state index in [0.717, 1.165) is 23.1 Å². The molecule has 7 heteroatoms. The predicted molar refractivity (Wildman–Crippen MR) is 94.0 cm³/mol. The summed E-state index contributed by atoms with van der Waals surface area (Å²) in [4.78, 5) is 29.0. The minimum atomic E-state index is -0.0905. The first kappa shape index (κ1) is 16.8. The lowest BCUT2D eigenvalue weighted by Crippen LogP contribution is -2.46. The Labute approximate surface area is 145 Å². The summed E-state index contributed by atoms with van der Waals surface area (Å²) in [5.74, 6) is 0.0471. The molecule has 24 heavy (non-hydrogen) atoms. The van der Waals surface area contributed by atoms with Crippen molar-refractivity contribution in [3.8, 4) is 0 Å². The summed E-state index contributed by atoms with van der Waals surface area (Å²) in [7, 11) is 0. The molecule has 1 aliphatic heterocycles. The van der Waals surface area contributed by atoms with Gasteiger partial charge in [0.05, 0.1) is 10.6 Å². The lowest BCUT2D eigenvalue weighted by atomic mass is 9.95. The summed E-state index contributed by atoms with van der Waals surface area (Å²) >= 11 is 1.32. The van der Waals surface area contributed by atoms with Crippen LogP contribution in [0.3, 0.4) is 0 Å². The molecule has 2 amide bonds. The van der Waals surface area contributed by atoms with E-state index >= 15 is 0 Å². The van der Waals surface area contributed by atoms with E-state index < -0.39 is 0 Å². The predicted octanol–water partition coefficient (Wildman–Crippen LogP) is 2.41. The first-order valence-corrected chi connectivity index (χ1v) is 9.21. The molecule has 1 saturated heterocycles. The first-order chi connectivity index (χ1) is 11.6. The summed E-state index contributed by atoms with van der Waals surface area (Å²) in [6.45, 7) is 6.62. The van der Waals surface area contributed by atoms with Gasteiger partial charge in [-0.05, 0) is 56.4 Å². The third kappa shape index (κ3) is 3.26. The summed E-state index contributed by atoms with van der Waals surface area (Å²) in [6.07, 6.45) is 1.72. The number of piperidine rings is 1. The average Bonchev–Trinajstić information content (AvgIpc) is 3.09. The summed E-state index contributed by atoms with van der Waals surface area (Å²) in [5, 5.41) is 4.03. The van der Waals surface area contributed by atoms with Gasteiger partial charge in [-0.1, -0.05) is 4.49 Å². The van der Waals surface area contributed by atoms with E-state index in [1.54, 1.807) is 11.0 Å². The van der Waals surface area contributed by atoms with Crippen LogP contribution in [-0.2, 0) is 4.79 Å². The van der Waals surface area contributed by atoms with Crippen molar-refractivity contribution in [2.24, 2.45) is 5.92 Å². The van der Waals surface area contributed by atoms with Crippen LogP contribution in [0.15, 0.2) is 18.2 Å². The Kier molecular flexibility index (Phi) is 5.08. The van der Waals surface area contributed by atoms with Gasteiger partial charge in [-0.2, -0.15) is 0 Å². The number of aromatic nitrogens is 2. The molecule has 128 valence electrons. The van der Waals surface area contributed by atoms with Crippen molar-refractivity contribution in [2.75, 3.05) is 26.2 Å². The normalized spacial score (nSPS) is 17.9. The molecule has 0 spiro atoms. The van der Waals surface area contributed by atoms with E-state index in [4.69, 9.17) is 0 Å². The Morgan fingerprint density at radius 2 is 2.12 bits per heavy atom. The highest BCUT2D eigenvalue weighted by atomic mass is 32.1. The molecule has 0 saturated carbocycles. The molecule has 1 aliphatic rings. The van der Waals surface area contributed by atoms with Gasteiger partial charge in [0.2, 0.25) is 5.91 Å². The zero-order valence-electron chi connectivity index (χ0n) is 14.1. The molecular weight excluding hydrogens is 324 g/mol. The van der Waals surface area contributed by atoms with Crippen LogP contribution in [0.5, 0.6) is 0 Å². The SMILES string of the molecule is CCN(CC)C(=O)C1CCCN(C(=O)c2ccc3snnc3c2)C1. The van der Waals surface area contributed by atoms with Crippen molar-refractivity contribution >= 4 is 33.6 Å². The van der Waals surface area contributed by atoms with Crippen LogP contribution < -0.4 is 0 Å². The van der Waals surface area contributed by atoms with Crippen LogP contribution in [0.25, 0.3) is 10.2 Å². The van der Waals surface area contributed by atoms with Gasteiger partial charge in [-0.25, -0.2) is 0 Å². The van der Waals surface area contributed by atoms with Crippen LogP contribution in [0, 0.1) is 5.92 Å². The second-order valence-electron chi connectivity index (χ2n) is 6.06. The molecular formula is C17H22N4O2S. The molecule has 0 bridgehead atoms. The molecule has 1 unspecified atom stereocenters. The summed E-state index contributed by atoms with van der Waals surface area (Å²) in [5.41, 5.74) is 1.37. The maximum absolute atomic E-state index is 12.8. The highest BCUT2D eigenvalue weighted by Gasteiger charge is 2.30. The van der Waals surface area contributed by atoms with Gasteiger partial charge in [-0.15, -0.1) is 5.10 Å². The zero-order chi connectivity index (χ0) is 17.1. The molecule has 0 N–H and O–H groups in total. The smallest absolute Gasteiger partial charge is 0.253 e. The van der Waals surface area contributed by atoms with Crippen molar-refractivity contribution in [3.63, 3.8) is 0 Å². The topological polar surface area (TPSA) is 66.4 Å². The summed E-state index contributed by atoms with van der Waals surface area (Å²) in [6, 6.07) is 5.49. The number of carbonyl (C=O) groups is 2. The second kappa shape index (κ2) is 7.25. The van der Waals surface area contributed by atoms with E-state index in [0.29, 0.717) is 31.7 Å². The van der Waals surface area contributed by atoms with Crippen LogP contribution in [-0.4, -0.2) is 57.4 Å². The van der Waals surface area contributed by atoms with E-state index in [-0.39, 0.29) is 17.7 Å². The largest absolute Gasteiger partial charge is 0.343 e. The first-order valence-electron chi connectivity index (χ1n) is 8.44. The maximum Gasteiger partial charge on any atom is 0.253 e. The van der Waals surface area contributed by atoms with E-state index in [9.17, 15) is 9.59 Å². The molecule has 1 fully saturated rings. The Bertz CT molecular complexity index is 741. The van der Waals surface area contributed by atoms with Crippen molar-refractivity contribution in [2.45, 2.75) is 26.7 Å². The van der Waals surface area contributed by atoms with E-state index in [2.05, 4.69) is 9.59 Å². The lowest BCUT2D eigenvalue weighted by Gasteiger charge is -2.34. The van der Waals surface area contributed by atoms with Gasteiger partial charge in [-0.3, -0.25) is 9.59 Å². The number of likely N-dealkylation sites (tertiary alicyclic amines) is 1. The molecule has 1 atom stereocenters. The number of fused-ring (bicyclic) bond motifs is 1. The van der Waals surface area contributed by atoms with Crippen molar-refractivity contribution in [1.82, 2.24) is 19.4 Å². The number of amides is 2. The Balaban J connectivity index is 1.73. The van der Waals surface area contributed by atoms with Crippen molar-refractivity contribution < 1.29 is 9.59 Å². The monoisotopic (exact) mass is 346 g/mol. The molecule has 1 aromatic heterocycles. The van der Waals surface area contributed by atoms with Gasteiger partial charge >= 0.3 is 0 Å². The number of hydrogen-bond donors (Lipinski definition) is 0. The van der Waals surface area contributed by atoms with Crippen LogP contribution in [0.4, 0.5) is 0 Å². The molecule has 3 rings (SSSR count). The fourth-order valence-electron chi connectivity index (χ4n) is 3.25. The third-order valence-electron chi connectivity index (χ3n) is 4.63. The summed E-state index contributed by atoms with van der Waals surface area (Å²) < 4.78 is 4.88. The van der Waals surface area contributed by atoms with Crippen LogP contribution >= 0.6 is 11.5 Å². The van der Waals surface area contributed by atoms with E-state index in [1.807, 2.05) is 30.9 Å². The number of nitrogens with zero attached hydrogens (tertiary/aromatic N) is 4. The maximum atomic E-state index is 12.8. The van der Waals surface area contributed by atoms with Gasteiger partial charge in [0, 0.05) is 31.7 Å². The molecule has 2 aromatic rings. The van der Waals surface area contributed by atoms with Crippen molar-refractivity contribution in [3.05, 3.63) is 23.8 Å². The lowest BCUT2D eigenvalue weighted by molar-refractivity contribution is -0.136.